The Morgan fingerprint density at radius 1 is 1.50 bits per heavy atom. The van der Waals surface area contributed by atoms with Crippen LogP contribution in [0.4, 0.5) is 0 Å². The van der Waals surface area contributed by atoms with Crippen LogP contribution in [0.3, 0.4) is 0 Å². The van der Waals surface area contributed by atoms with E-state index < -0.39 is 0 Å². The normalized spacial score (nSPS) is 12.0. The average Bonchev–Trinajstić information content (AvgIpc) is 2.29. The van der Waals surface area contributed by atoms with Crippen molar-refractivity contribution in [1.29, 1.82) is 0 Å². The predicted molar refractivity (Wildman–Crippen MR) is 56.6 cm³/mol. The van der Waals surface area contributed by atoms with Crippen molar-refractivity contribution < 1.29 is 4.74 Å². The van der Waals surface area contributed by atoms with E-state index in [-0.39, 0.29) is 5.60 Å². The number of rotatable bonds is 2. The fourth-order valence-electron chi connectivity index (χ4n) is 0.716. The first-order valence-electron chi connectivity index (χ1n) is 3.85. The first kappa shape index (κ1) is 10.2. The van der Waals surface area contributed by atoms with Gasteiger partial charge in [-0.1, -0.05) is 0 Å². The zero-order chi connectivity index (χ0) is 9.19. The van der Waals surface area contributed by atoms with Crippen molar-refractivity contribution in [1.82, 2.24) is 0 Å². The van der Waals surface area contributed by atoms with Crippen LogP contribution in [-0.2, 0) is 11.3 Å². The smallest absolute Gasteiger partial charge is 0.0753 e. The lowest BCUT2D eigenvalue weighted by Gasteiger charge is -2.19. The molecule has 1 nitrogen and oxygen atoms in total. The highest BCUT2D eigenvalue weighted by molar-refractivity contribution is 9.11. The molecule has 1 heterocycles. The molecule has 0 aliphatic carbocycles. The van der Waals surface area contributed by atoms with Gasteiger partial charge in [-0.15, -0.1) is 11.3 Å². The molecule has 0 aliphatic heterocycles. The number of ether oxygens (including phenoxy) is 1. The highest BCUT2D eigenvalue weighted by Crippen LogP contribution is 2.25. The predicted octanol–water partition coefficient (Wildman–Crippen LogP) is 3.83. The molecule has 0 unspecified atom stereocenters. The quantitative estimate of drug-likeness (QED) is 0.774. The van der Waals surface area contributed by atoms with Crippen molar-refractivity contribution in [3.05, 3.63) is 20.8 Å². The van der Waals surface area contributed by atoms with E-state index >= 15 is 0 Å². The van der Waals surface area contributed by atoms with Crippen molar-refractivity contribution in [2.45, 2.75) is 33.0 Å². The molecular weight excluding hydrogens is 236 g/mol. The molecule has 0 radical (unpaired) electrons. The molecule has 0 aliphatic rings. The first-order valence-corrected chi connectivity index (χ1v) is 5.52. The van der Waals surface area contributed by atoms with E-state index in [1.165, 1.54) is 9.35 Å². The first-order chi connectivity index (χ1) is 5.49. The summed E-state index contributed by atoms with van der Waals surface area (Å²) in [5, 5.41) is 2.06. The molecule has 0 atom stereocenters. The van der Waals surface area contributed by atoms with E-state index in [9.17, 15) is 0 Å². The molecule has 0 saturated heterocycles. The maximum absolute atomic E-state index is 5.63. The lowest BCUT2D eigenvalue weighted by Crippen LogP contribution is -2.18. The van der Waals surface area contributed by atoms with Gasteiger partial charge in [-0.25, -0.2) is 0 Å². The van der Waals surface area contributed by atoms with Crippen molar-refractivity contribution >= 4 is 27.3 Å². The van der Waals surface area contributed by atoms with Gasteiger partial charge in [0.25, 0.3) is 0 Å². The SMILES string of the molecule is CC(C)(C)OCc1ccsc1Br. The van der Waals surface area contributed by atoms with Crippen LogP contribution in [0.25, 0.3) is 0 Å². The number of thiophene rings is 1. The van der Waals surface area contributed by atoms with Crippen LogP contribution >= 0.6 is 27.3 Å². The summed E-state index contributed by atoms with van der Waals surface area (Å²) in [6.45, 7) is 6.88. The summed E-state index contributed by atoms with van der Waals surface area (Å²) in [7, 11) is 0. The lowest BCUT2D eigenvalue weighted by molar-refractivity contribution is -0.0150. The van der Waals surface area contributed by atoms with Gasteiger partial charge in [-0.2, -0.15) is 0 Å². The molecular formula is C9H13BrOS. The van der Waals surface area contributed by atoms with E-state index in [1.54, 1.807) is 11.3 Å². The fourth-order valence-corrected chi connectivity index (χ4v) is 1.92. The molecule has 0 saturated carbocycles. The molecule has 68 valence electrons. The van der Waals surface area contributed by atoms with Crippen molar-refractivity contribution in [2.24, 2.45) is 0 Å². The van der Waals surface area contributed by atoms with Crippen LogP contribution in [-0.4, -0.2) is 5.60 Å². The summed E-state index contributed by atoms with van der Waals surface area (Å²) in [6, 6.07) is 2.08. The maximum Gasteiger partial charge on any atom is 0.0753 e. The van der Waals surface area contributed by atoms with E-state index in [2.05, 4.69) is 48.1 Å². The van der Waals surface area contributed by atoms with Crippen LogP contribution in [0, 0.1) is 0 Å². The Kier molecular flexibility index (Phi) is 3.32. The van der Waals surface area contributed by atoms with E-state index in [0.717, 1.165) is 0 Å². The zero-order valence-electron chi connectivity index (χ0n) is 7.56. The summed E-state index contributed by atoms with van der Waals surface area (Å²) in [5.41, 5.74) is 1.18. The highest BCUT2D eigenvalue weighted by Gasteiger charge is 2.11. The Morgan fingerprint density at radius 2 is 2.17 bits per heavy atom. The molecule has 0 aromatic carbocycles. The molecule has 1 aromatic heterocycles. The largest absolute Gasteiger partial charge is 0.371 e. The second-order valence-corrected chi connectivity index (χ2v) is 5.85. The monoisotopic (exact) mass is 248 g/mol. The summed E-state index contributed by atoms with van der Waals surface area (Å²) >= 11 is 5.16. The Balaban J connectivity index is 2.49. The molecule has 0 N–H and O–H groups in total. The third-order valence-corrected chi connectivity index (χ3v) is 3.17. The van der Waals surface area contributed by atoms with Gasteiger partial charge in [0.1, 0.15) is 0 Å². The Labute approximate surface area is 85.9 Å². The van der Waals surface area contributed by atoms with Crippen LogP contribution in [0.2, 0.25) is 0 Å². The van der Waals surface area contributed by atoms with Gasteiger partial charge in [-0.05, 0) is 48.1 Å². The summed E-state index contributed by atoms with van der Waals surface area (Å²) in [6.07, 6.45) is 0. The van der Waals surface area contributed by atoms with Gasteiger partial charge in [0.15, 0.2) is 0 Å². The minimum absolute atomic E-state index is 0.0542. The fraction of sp³-hybridized carbons (Fsp3) is 0.556. The van der Waals surface area contributed by atoms with E-state index in [0.29, 0.717) is 6.61 Å². The van der Waals surface area contributed by atoms with Gasteiger partial charge in [0.05, 0.1) is 16.0 Å². The van der Waals surface area contributed by atoms with Gasteiger partial charge in [0.2, 0.25) is 0 Å². The average molecular weight is 249 g/mol. The van der Waals surface area contributed by atoms with Crippen molar-refractivity contribution in [2.75, 3.05) is 0 Å². The molecule has 0 fully saturated rings. The third-order valence-electron chi connectivity index (χ3n) is 1.35. The van der Waals surface area contributed by atoms with E-state index in [1.807, 2.05) is 0 Å². The van der Waals surface area contributed by atoms with Crippen LogP contribution in [0.15, 0.2) is 15.2 Å². The van der Waals surface area contributed by atoms with Gasteiger partial charge in [-0.3, -0.25) is 0 Å². The minimum atomic E-state index is -0.0542. The summed E-state index contributed by atoms with van der Waals surface area (Å²) < 4.78 is 6.80. The topological polar surface area (TPSA) is 9.23 Å². The van der Waals surface area contributed by atoms with Crippen LogP contribution < -0.4 is 0 Å². The van der Waals surface area contributed by atoms with Crippen LogP contribution in [0.1, 0.15) is 26.3 Å². The molecule has 3 heteroatoms. The Bertz CT molecular complexity index is 249. The minimum Gasteiger partial charge on any atom is -0.371 e. The summed E-state index contributed by atoms with van der Waals surface area (Å²) in [5.74, 6) is 0. The molecule has 0 bridgehead atoms. The lowest BCUT2D eigenvalue weighted by atomic mass is 10.2. The van der Waals surface area contributed by atoms with Gasteiger partial charge >= 0.3 is 0 Å². The Hall–Kier alpha value is 0.140. The van der Waals surface area contributed by atoms with Crippen molar-refractivity contribution in [3.8, 4) is 0 Å². The second kappa shape index (κ2) is 3.90. The number of hydrogen-bond donors (Lipinski definition) is 0. The number of hydrogen-bond acceptors (Lipinski definition) is 2. The van der Waals surface area contributed by atoms with Crippen LogP contribution in [0.5, 0.6) is 0 Å². The highest BCUT2D eigenvalue weighted by atomic mass is 79.9. The third kappa shape index (κ3) is 3.25. The molecule has 1 aromatic rings. The number of halogens is 1. The second-order valence-electron chi connectivity index (χ2n) is 3.62. The molecule has 0 spiro atoms. The summed E-state index contributed by atoms with van der Waals surface area (Å²) in [4.78, 5) is 0. The molecule has 1 rings (SSSR count). The van der Waals surface area contributed by atoms with Crippen molar-refractivity contribution in [3.63, 3.8) is 0 Å². The standard InChI is InChI=1S/C9H13BrOS/c1-9(2,3)11-6-7-4-5-12-8(7)10/h4-5H,6H2,1-3H3. The molecule has 12 heavy (non-hydrogen) atoms. The zero-order valence-corrected chi connectivity index (χ0v) is 9.96. The Morgan fingerprint density at radius 3 is 2.58 bits per heavy atom. The van der Waals surface area contributed by atoms with E-state index in [4.69, 9.17) is 4.74 Å². The van der Waals surface area contributed by atoms with Gasteiger partial charge in [0, 0.05) is 5.56 Å². The van der Waals surface area contributed by atoms with Gasteiger partial charge < -0.3 is 4.74 Å². The molecule has 0 amide bonds. The maximum atomic E-state index is 5.63.